The molecule has 1 N–H and O–H groups in total. The molecular weight excluding hydrogens is 259 g/mol. The van der Waals surface area contributed by atoms with Gasteiger partial charge in [0.05, 0.1) is 18.3 Å². The lowest BCUT2D eigenvalue weighted by atomic mass is 10.2. The molecule has 0 amide bonds. The molecule has 19 heavy (non-hydrogen) atoms. The maximum Gasteiger partial charge on any atom is 0.419 e. The van der Waals surface area contributed by atoms with Crippen molar-refractivity contribution in [3.05, 3.63) is 23.9 Å². The van der Waals surface area contributed by atoms with E-state index in [0.717, 1.165) is 12.6 Å². The number of anilines is 1. The van der Waals surface area contributed by atoms with E-state index in [1.165, 1.54) is 12.3 Å². The van der Waals surface area contributed by atoms with E-state index >= 15 is 0 Å². The maximum atomic E-state index is 12.8. The molecule has 0 unspecified atom stereocenters. The standard InChI is InChI=1S/C12H16F3N3O/c1-18-5-6-19-9(8-18)7-17-11-10(12(13,14)15)3-2-4-16-11/h2-4,9H,5-8H2,1H3,(H,16,17)/t9-/m1/s1. The highest BCUT2D eigenvalue weighted by atomic mass is 19.4. The van der Waals surface area contributed by atoms with E-state index in [1.807, 2.05) is 7.05 Å². The average Bonchev–Trinajstić information content (AvgIpc) is 2.36. The Kier molecular flexibility index (Phi) is 4.26. The third kappa shape index (κ3) is 3.81. The fraction of sp³-hybridized carbons (Fsp3) is 0.583. The number of hydrogen-bond acceptors (Lipinski definition) is 4. The second-order valence-corrected chi connectivity index (χ2v) is 4.53. The van der Waals surface area contributed by atoms with Gasteiger partial charge in [0, 0.05) is 25.8 Å². The summed E-state index contributed by atoms with van der Waals surface area (Å²) in [6, 6.07) is 2.29. The van der Waals surface area contributed by atoms with Gasteiger partial charge in [0.2, 0.25) is 0 Å². The summed E-state index contributed by atoms with van der Waals surface area (Å²) in [5, 5.41) is 2.73. The summed E-state index contributed by atoms with van der Waals surface area (Å²) < 4.78 is 43.8. The van der Waals surface area contributed by atoms with Crippen molar-refractivity contribution in [2.24, 2.45) is 0 Å². The zero-order valence-corrected chi connectivity index (χ0v) is 10.6. The molecule has 2 heterocycles. The predicted molar refractivity (Wildman–Crippen MR) is 65.0 cm³/mol. The Bertz CT molecular complexity index is 425. The molecule has 2 rings (SSSR count). The van der Waals surface area contributed by atoms with Gasteiger partial charge in [0.1, 0.15) is 5.82 Å². The number of morpholine rings is 1. The topological polar surface area (TPSA) is 37.4 Å². The van der Waals surface area contributed by atoms with Gasteiger partial charge in [0.15, 0.2) is 0 Å². The molecule has 1 aliphatic rings. The highest BCUT2D eigenvalue weighted by molar-refractivity contribution is 5.45. The maximum absolute atomic E-state index is 12.8. The van der Waals surface area contributed by atoms with Gasteiger partial charge in [-0.15, -0.1) is 0 Å². The van der Waals surface area contributed by atoms with E-state index in [9.17, 15) is 13.2 Å². The molecule has 0 spiro atoms. The van der Waals surface area contributed by atoms with Crippen LogP contribution in [0.15, 0.2) is 18.3 Å². The van der Waals surface area contributed by atoms with Crippen LogP contribution in [-0.4, -0.2) is 49.3 Å². The second kappa shape index (κ2) is 5.75. The number of nitrogens with zero attached hydrogens (tertiary/aromatic N) is 2. The number of rotatable bonds is 3. The lowest BCUT2D eigenvalue weighted by Gasteiger charge is -2.30. The second-order valence-electron chi connectivity index (χ2n) is 4.53. The fourth-order valence-electron chi connectivity index (χ4n) is 1.98. The van der Waals surface area contributed by atoms with Gasteiger partial charge in [-0.05, 0) is 19.2 Å². The van der Waals surface area contributed by atoms with Crippen LogP contribution in [0.5, 0.6) is 0 Å². The minimum Gasteiger partial charge on any atom is -0.374 e. The molecule has 0 aromatic carbocycles. The van der Waals surface area contributed by atoms with Crippen molar-refractivity contribution in [2.75, 3.05) is 38.6 Å². The summed E-state index contributed by atoms with van der Waals surface area (Å²) in [6.45, 7) is 2.44. The third-order valence-corrected chi connectivity index (χ3v) is 2.95. The Labute approximate surface area is 109 Å². The number of hydrogen-bond donors (Lipinski definition) is 1. The highest BCUT2D eigenvalue weighted by Gasteiger charge is 2.34. The number of likely N-dealkylation sites (N-methyl/N-ethyl adjacent to an activating group) is 1. The van der Waals surface area contributed by atoms with Crippen LogP contribution in [-0.2, 0) is 10.9 Å². The van der Waals surface area contributed by atoms with Crippen molar-refractivity contribution in [1.82, 2.24) is 9.88 Å². The number of halogens is 3. The Morgan fingerprint density at radius 2 is 2.32 bits per heavy atom. The molecule has 7 heteroatoms. The van der Waals surface area contributed by atoms with Crippen LogP contribution in [0.25, 0.3) is 0 Å². The molecule has 0 radical (unpaired) electrons. The highest BCUT2D eigenvalue weighted by Crippen LogP contribution is 2.33. The van der Waals surface area contributed by atoms with Crippen LogP contribution in [0.4, 0.5) is 19.0 Å². The molecule has 1 atom stereocenters. The molecule has 0 bridgehead atoms. The molecule has 1 saturated heterocycles. The Balaban J connectivity index is 1.99. The first-order valence-electron chi connectivity index (χ1n) is 6.03. The predicted octanol–water partition coefficient (Wildman–Crippen LogP) is 1.84. The Morgan fingerprint density at radius 1 is 1.53 bits per heavy atom. The quantitative estimate of drug-likeness (QED) is 0.913. The van der Waals surface area contributed by atoms with Crippen molar-refractivity contribution in [1.29, 1.82) is 0 Å². The molecule has 1 aromatic heterocycles. The van der Waals surface area contributed by atoms with Crippen LogP contribution in [0.1, 0.15) is 5.56 Å². The van der Waals surface area contributed by atoms with Crippen LogP contribution < -0.4 is 5.32 Å². The minimum absolute atomic E-state index is 0.123. The zero-order chi connectivity index (χ0) is 13.9. The Morgan fingerprint density at radius 3 is 3.00 bits per heavy atom. The van der Waals surface area contributed by atoms with E-state index in [-0.39, 0.29) is 11.9 Å². The van der Waals surface area contributed by atoms with Gasteiger partial charge in [-0.2, -0.15) is 13.2 Å². The van der Waals surface area contributed by atoms with Gasteiger partial charge < -0.3 is 15.0 Å². The van der Waals surface area contributed by atoms with Crippen LogP contribution in [0.3, 0.4) is 0 Å². The average molecular weight is 275 g/mol. The lowest BCUT2D eigenvalue weighted by molar-refractivity contribution is -0.137. The molecule has 1 aliphatic heterocycles. The summed E-state index contributed by atoms with van der Waals surface area (Å²) >= 11 is 0. The van der Waals surface area contributed by atoms with Gasteiger partial charge in [-0.1, -0.05) is 0 Å². The van der Waals surface area contributed by atoms with Crippen LogP contribution >= 0.6 is 0 Å². The number of pyridine rings is 1. The largest absolute Gasteiger partial charge is 0.419 e. The van der Waals surface area contributed by atoms with Gasteiger partial charge in [0.25, 0.3) is 0 Å². The molecule has 0 aliphatic carbocycles. The van der Waals surface area contributed by atoms with E-state index in [1.54, 1.807) is 0 Å². The summed E-state index contributed by atoms with van der Waals surface area (Å²) in [5.74, 6) is -0.146. The molecule has 1 aromatic rings. The van der Waals surface area contributed by atoms with E-state index < -0.39 is 11.7 Å². The fourth-order valence-corrected chi connectivity index (χ4v) is 1.98. The number of nitrogens with one attached hydrogen (secondary N) is 1. The smallest absolute Gasteiger partial charge is 0.374 e. The third-order valence-electron chi connectivity index (χ3n) is 2.95. The molecule has 0 saturated carbocycles. The Hall–Kier alpha value is -1.34. The van der Waals surface area contributed by atoms with Gasteiger partial charge in [-0.25, -0.2) is 4.98 Å². The van der Waals surface area contributed by atoms with E-state index in [0.29, 0.717) is 19.7 Å². The van der Waals surface area contributed by atoms with Crippen molar-refractivity contribution >= 4 is 5.82 Å². The van der Waals surface area contributed by atoms with Gasteiger partial charge >= 0.3 is 6.18 Å². The van der Waals surface area contributed by atoms with Crippen LogP contribution in [0, 0.1) is 0 Å². The molecule has 4 nitrogen and oxygen atoms in total. The van der Waals surface area contributed by atoms with Crippen molar-refractivity contribution in [3.63, 3.8) is 0 Å². The number of alkyl halides is 3. The SMILES string of the molecule is CN1CCO[C@H](CNc2ncccc2C(F)(F)F)C1. The summed E-state index contributed by atoms with van der Waals surface area (Å²) in [4.78, 5) is 5.83. The first-order valence-corrected chi connectivity index (χ1v) is 6.03. The first-order chi connectivity index (χ1) is 8.97. The van der Waals surface area contributed by atoms with Crippen LogP contribution in [0.2, 0.25) is 0 Å². The van der Waals surface area contributed by atoms with E-state index in [2.05, 4.69) is 15.2 Å². The number of aromatic nitrogens is 1. The first kappa shape index (κ1) is 14.1. The van der Waals surface area contributed by atoms with Crippen molar-refractivity contribution in [2.45, 2.75) is 12.3 Å². The molecule has 106 valence electrons. The summed E-state index contributed by atoms with van der Waals surface area (Å²) in [5.41, 5.74) is -0.751. The zero-order valence-electron chi connectivity index (χ0n) is 10.6. The normalized spacial score (nSPS) is 21.4. The molecule has 1 fully saturated rings. The molecular formula is C12H16F3N3O. The summed E-state index contributed by atoms with van der Waals surface area (Å²) in [6.07, 6.45) is -3.19. The number of ether oxygens (including phenoxy) is 1. The lowest BCUT2D eigenvalue weighted by Crippen LogP contribution is -2.43. The summed E-state index contributed by atoms with van der Waals surface area (Å²) in [7, 11) is 1.96. The monoisotopic (exact) mass is 275 g/mol. The minimum atomic E-state index is -4.40. The van der Waals surface area contributed by atoms with Crippen molar-refractivity contribution < 1.29 is 17.9 Å². The van der Waals surface area contributed by atoms with E-state index in [4.69, 9.17) is 4.74 Å². The van der Waals surface area contributed by atoms with Crippen molar-refractivity contribution in [3.8, 4) is 0 Å². The van der Waals surface area contributed by atoms with Gasteiger partial charge in [-0.3, -0.25) is 0 Å².